The fourth-order valence-electron chi connectivity index (χ4n) is 1.77. The lowest BCUT2D eigenvalue weighted by atomic mass is 10.1. The Morgan fingerprint density at radius 1 is 1.24 bits per heavy atom. The van der Waals surface area contributed by atoms with Crippen LogP contribution in [0.25, 0.3) is 0 Å². The topological polar surface area (TPSA) is 35.8 Å². The summed E-state index contributed by atoms with van der Waals surface area (Å²) in [6.07, 6.45) is -3.70. The molecular weight excluding hydrogens is 365 g/mol. The molecule has 2 aromatic rings. The van der Waals surface area contributed by atoms with Crippen molar-refractivity contribution in [3.63, 3.8) is 0 Å². The Bertz CT molecular complexity index is 674. The van der Waals surface area contributed by atoms with Crippen LogP contribution in [-0.2, 0) is 12.6 Å². The minimum absolute atomic E-state index is 0.00261. The highest BCUT2D eigenvalue weighted by atomic mass is 79.9. The molecule has 0 saturated heterocycles. The van der Waals surface area contributed by atoms with Gasteiger partial charge in [-0.3, -0.25) is 0 Å². The highest BCUT2D eigenvalue weighted by Gasteiger charge is 2.31. The lowest BCUT2D eigenvalue weighted by molar-refractivity contribution is -0.137. The zero-order valence-electron chi connectivity index (χ0n) is 10.7. The van der Waals surface area contributed by atoms with Gasteiger partial charge in [0.1, 0.15) is 6.07 Å². The first kappa shape index (κ1) is 15.9. The minimum atomic E-state index is -4.44. The van der Waals surface area contributed by atoms with E-state index in [1.54, 1.807) is 17.4 Å². The van der Waals surface area contributed by atoms with Crippen molar-refractivity contribution in [2.45, 2.75) is 12.6 Å². The number of alkyl halides is 3. The molecular formula is C14H10BrF3N2S. The molecule has 7 heteroatoms. The first-order valence-corrected chi connectivity index (χ1v) is 7.60. The molecule has 0 unspecified atom stereocenters. The Kier molecular flexibility index (Phi) is 4.91. The number of nitriles is 1. The third-order valence-electron chi connectivity index (χ3n) is 2.78. The van der Waals surface area contributed by atoms with Crippen LogP contribution in [0.15, 0.2) is 34.1 Å². The first-order chi connectivity index (χ1) is 9.90. The van der Waals surface area contributed by atoms with Gasteiger partial charge in [-0.05, 0) is 52.7 Å². The van der Waals surface area contributed by atoms with Gasteiger partial charge in [0, 0.05) is 11.4 Å². The van der Waals surface area contributed by atoms with E-state index in [4.69, 9.17) is 5.26 Å². The van der Waals surface area contributed by atoms with Gasteiger partial charge in [0.2, 0.25) is 0 Å². The average molecular weight is 375 g/mol. The van der Waals surface area contributed by atoms with Crippen LogP contribution in [-0.4, -0.2) is 6.54 Å². The third-order valence-corrected chi connectivity index (χ3v) is 4.47. The van der Waals surface area contributed by atoms with E-state index in [1.165, 1.54) is 6.07 Å². The highest BCUT2D eigenvalue weighted by Crippen LogP contribution is 2.31. The molecule has 110 valence electrons. The maximum Gasteiger partial charge on any atom is 0.416 e. The molecule has 0 aliphatic rings. The SMILES string of the molecule is N#Cc1cc(C(F)(F)F)ccc1NCCc1ccc(Br)s1. The molecule has 2 rings (SSSR count). The van der Waals surface area contributed by atoms with E-state index in [2.05, 4.69) is 21.2 Å². The van der Waals surface area contributed by atoms with E-state index in [0.29, 0.717) is 12.2 Å². The fourth-order valence-corrected chi connectivity index (χ4v) is 3.26. The smallest absolute Gasteiger partial charge is 0.384 e. The van der Waals surface area contributed by atoms with E-state index in [9.17, 15) is 13.2 Å². The van der Waals surface area contributed by atoms with Crippen molar-refractivity contribution in [2.24, 2.45) is 0 Å². The molecule has 0 spiro atoms. The second kappa shape index (κ2) is 6.50. The van der Waals surface area contributed by atoms with Gasteiger partial charge in [0.05, 0.1) is 20.6 Å². The van der Waals surface area contributed by atoms with Gasteiger partial charge in [-0.1, -0.05) is 0 Å². The molecule has 2 nitrogen and oxygen atoms in total. The van der Waals surface area contributed by atoms with Crippen LogP contribution in [0.1, 0.15) is 16.0 Å². The largest absolute Gasteiger partial charge is 0.416 e. The Labute approximate surface area is 132 Å². The lowest BCUT2D eigenvalue weighted by Gasteiger charge is -2.11. The maximum atomic E-state index is 12.6. The number of nitrogens with zero attached hydrogens (tertiary/aromatic N) is 1. The van der Waals surface area contributed by atoms with Gasteiger partial charge in [0.15, 0.2) is 0 Å². The fraction of sp³-hybridized carbons (Fsp3) is 0.214. The molecule has 1 aromatic heterocycles. The molecule has 0 atom stereocenters. The molecule has 21 heavy (non-hydrogen) atoms. The Balaban J connectivity index is 2.05. The molecule has 0 fully saturated rings. The van der Waals surface area contributed by atoms with Gasteiger partial charge in [-0.2, -0.15) is 18.4 Å². The number of rotatable bonds is 4. The van der Waals surface area contributed by atoms with Gasteiger partial charge >= 0.3 is 6.18 Å². The normalized spacial score (nSPS) is 11.2. The van der Waals surface area contributed by atoms with Crippen LogP contribution >= 0.6 is 27.3 Å². The zero-order chi connectivity index (χ0) is 15.5. The van der Waals surface area contributed by atoms with Gasteiger partial charge in [-0.15, -0.1) is 11.3 Å². The molecule has 0 saturated carbocycles. The molecule has 0 amide bonds. The molecule has 1 heterocycles. The van der Waals surface area contributed by atoms with Gasteiger partial charge in [-0.25, -0.2) is 0 Å². The minimum Gasteiger partial charge on any atom is -0.384 e. The average Bonchev–Trinajstić information content (AvgIpc) is 2.83. The van der Waals surface area contributed by atoms with E-state index in [1.807, 2.05) is 12.1 Å². The Hall–Kier alpha value is -1.52. The summed E-state index contributed by atoms with van der Waals surface area (Å²) in [7, 11) is 0. The Morgan fingerprint density at radius 2 is 2.00 bits per heavy atom. The predicted molar refractivity (Wildman–Crippen MR) is 80.4 cm³/mol. The molecule has 1 N–H and O–H groups in total. The summed E-state index contributed by atoms with van der Waals surface area (Å²) in [4.78, 5) is 1.15. The highest BCUT2D eigenvalue weighted by molar-refractivity contribution is 9.11. The van der Waals surface area contributed by atoms with Crippen molar-refractivity contribution in [1.82, 2.24) is 0 Å². The summed E-state index contributed by atoms with van der Waals surface area (Å²) < 4.78 is 38.8. The number of benzene rings is 1. The van der Waals surface area contributed by atoms with Crippen molar-refractivity contribution < 1.29 is 13.2 Å². The summed E-state index contributed by atoms with van der Waals surface area (Å²) in [5.41, 5.74) is -0.398. The monoisotopic (exact) mass is 374 g/mol. The lowest BCUT2D eigenvalue weighted by Crippen LogP contribution is -2.09. The molecule has 1 aromatic carbocycles. The summed E-state index contributed by atoms with van der Waals surface area (Å²) in [5, 5.41) is 12.0. The van der Waals surface area contributed by atoms with E-state index < -0.39 is 11.7 Å². The van der Waals surface area contributed by atoms with Gasteiger partial charge < -0.3 is 5.32 Å². The number of nitrogens with one attached hydrogen (secondary N) is 1. The van der Waals surface area contributed by atoms with Gasteiger partial charge in [0.25, 0.3) is 0 Å². The van der Waals surface area contributed by atoms with Crippen molar-refractivity contribution in [1.29, 1.82) is 5.26 Å². The summed E-state index contributed by atoms with van der Waals surface area (Å²) >= 11 is 4.97. The standard InChI is InChI=1S/C14H10BrF3N2S/c15-13-4-2-11(21-13)5-6-20-12-3-1-10(14(16,17)18)7-9(12)8-19/h1-4,7,20H,5-6H2. The molecule has 0 aliphatic heterocycles. The third kappa shape index (κ3) is 4.22. The number of hydrogen-bond donors (Lipinski definition) is 1. The molecule has 0 aliphatic carbocycles. The number of hydrogen-bond acceptors (Lipinski definition) is 3. The van der Waals surface area contributed by atoms with Crippen molar-refractivity contribution >= 4 is 33.0 Å². The van der Waals surface area contributed by atoms with Crippen LogP contribution in [0.3, 0.4) is 0 Å². The van der Waals surface area contributed by atoms with Crippen LogP contribution in [0.5, 0.6) is 0 Å². The number of anilines is 1. The number of halogens is 4. The summed E-state index contributed by atoms with van der Waals surface area (Å²) in [5.74, 6) is 0. The Morgan fingerprint density at radius 3 is 2.57 bits per heavy atom. The van der Waals surface area contributed by atoms with Crippen molar-refractivity contribution in [3.8, 4) is 6.07 Å². The summed E-state index contributed by atoms with van der Waals surface area (Å²) in [6, 6.07) is 8.86. The van der Waals surface area contributed by atoms with Crippen molar-refractivity contribution in [2.75, 3.05) is 11.9 Å². The number of thiophene rings is 1. The first-order valence-electron chi connectivity index (χ1n) is 5.99. The van der Waals surface area contributed by atoms with E-state index in [0.717, 1.165) is 27.2 Å². The summed E-state index contributed by atoms with van der Waals surface area (Å²) in [6.45, 7) is 0.549. The van der Waals surface area contributed by atoms with Crippen LogP contribution in [0.2, 0.25) is 0 Å². The van der Waals surface area contributed by atoms with Crippen molar-refractivity contribution in [3.05, 3.63) is 50.1 Å². The predicted octanol–water partition coefficient (Wildman–Crippen LogP) is 5.06. The second-order valence-electron chi connectivity index (χ2n) is 4.25. The van der Waals surface area contributed by atoms with Crippen LogP contribution in [0, 0.1) is 11.3 Å². The van der Waals surface area contributed by atoms with E-state index >= 15 is 0 Å². The molecule has 0 bridgehead atoms. The second-order valence-corrected chi connectivity index (χ2v) is 6.80. The van der Waals surface area contributed by atoms with Crippen LogP contribution < -0.4 is 5.32 Å². The maximum absolute atomic E-state index is 12.6. The van der Waals surface area contributed by atoms with Crippen LogP contribution in [0.4, 0.5) is 18.9 Å². The zero-order valence-corrected chi connectivity index (χ0v) is 13.1. The van der Waals surface area contributed by atoms with E-state index in [-0.39, 0.29) is 5.56 Å². The quantitative estimate of drug-likeness (QED) is 0.811. The molecule has 0 radical (unpaired) electrons.